The Kier molecular flexibility index (Phi) is 3.86. The minimum Gasteiger partial charge on any atom is -0.396 e. The first kappa shape index (κ1) is 9.88. The molecular formula is C7H16O3. The first-order chi connectivity index (χ1) is 4.60. The monoisotopic (exact) mass is 148 g/mol. The Morgan fingerprint density at radius 1 is 1.40 bits per heavy atom. The third-order valence-corrected chi connectivity index (χ3v) is 2.15. The molecule has 2 unspecified atom stereocenters. The Hall–Kier alpha value is -0.120. The molecule has 3 nitrogen and oxygen atoms in total. The van der Waals surface area contributed by atoms with Gasteiger partial charge in [-0.05, 0) is 6.42 Å². The van der Waals surface area contributed by atoms with Crippen molar-refractivity contribution in [2.24, 2.45) is 5.41 Å². The van der Waals surface area contributed by atoms with Gasteiger partial charge in [0.15, 0.2) is 0 Å². The lowest BCUT2D eigenvalue weighted by Gasteiger charge is -2.29. The van der Waals surface area contributed by atoms with Crippen molar-refractivity contribution in [1.29, 1.82) is 0 Å². The van der Waals surface area contributed by atoms with E-state index < -0.39 is 11.5 Å². The standard InChI is InChI=1S/C7H16O3/c1-3-7(2,5-9)6(10)4-8/h6,8-10H,3-5H2,1-2H3. The van der Waals surface area contributed by atoms with Crippen molar-refractivity contribution in [3.63, 3.8) is 0 Å². The van der Waals surface area contributed by atoms with Crippen LogP contribution in [0.3, 0.4) is 0 Å². The summed E-state index contributed by atoms with van der Waals surface area (Å²) in [5, 5.41) is 26.6. The number of aliphatic hydroxyl groups is 3. The average Bonchev–Trinajstić information content (AvgIpc) is 2.01. The molecular weight excluding hydrogens is 132 g/mol. The van der Waals surface area contributed by atoms with Gasteiger partial charge in [0.2, 0.25) is 0 Å². The predicted molar refractivity (Wildman–Crippen MR) is 38.6 cm³/mol. The van der Waals surface area contributed by atoms with Crippen LogP contribution in [0.25, 0.3) is 0 Å². The van der Waals surface area contributed by atoms with Gasteiger partial charge < -0.3 is 15.3 Å². The first-order valence-corrected chi connectivity index (χ1v) is 3.50. The lowest BCUT2D eigenvalue weighted by atomic mass is 9.83. The van der Waals surface area contributed by atoms with Crippen LogP contribution >= 0.6 is 0 Å². The fourth-order valence-corrected chi connectivity index (χ4v) is 0.673. The third kappa shape index (κ3) is 1.94. The summed E-state index contributed by atoms with van der Waals surface area (Å²) in [5.74, 6) is 0. The Balaban J connectivity index is 4.02. The van der Waals surface area contributed by atoms with E-state index in [1.807, 2.05) is 6.92 Å². The maximum absolute atomic E-state index is 9.17. The van der Waals surface area contributed by atoms with Gasteiger partial charge in [0.05, 0.1) is 19.3 Å². The zero-order chi connectivity index (χ0) is 8.20. The van der Waals surface area contributed by atoms with Crippen LogP contribution in [-0.4, -0.2) is 34.6 Å². The van der Waals surface area contributed by atoms with Crippen molar-refractivity contribution in [1.82, 2.24) is 0 Å². The van der Waals surface area contributed by atoms with Crippen molar-refractivity contribution in [3.05, 3.63) is 0 Å². The molecule has 2 atom stereocenters. The molecule has 0 aromatic rings. The molecule has 0 heterocycles. The van der Waals surface area contributed by atoms with E-state index >= 15 is 0 Å². The van der Waals surface area contributed by atoms with Crippen LogP contribution in [0.15, 0.2) is 0 Å². The van der Waals surface area contributed by atoms with Crippen molar-refractivity contribution >= 4 is 0 Å². The van der Waals surface area contributed by atoms with Gasteiger partial charge in [-0.3, -0.25) is 0 Å². The zero-order valence-electron chi connectivity index (χ0n) is 6.54. The van der Waals surface area contributed by atoms with Crippen LogP contribution in [0.1, 0.15) is 20.3 Å². The molecule has 0 aromatic heterocycles. The van der Waals surface area contributed by atoms with E-state index in [0.29, 0.717) is 6.42 Å². The maximum atomic E-state index is 9.17. The van der Waals surface area contributed by atoms with Crippen LogP contribution < -0.4 is 0 Å². The van der Waals surface area contributed by atoms with Gasteiger partial charge in [-0.15, -0.1) is 0 Å². The summed E-state index contributed by atoms with van der Waals surface area (Å²) in [6, 6.07) is 0. The fraction of sp³-hybridized carbons (Fsp3) is 1.00. The molecule has 0 aliphatic heterocycles. The van der Waals surface area contributed by atoms with E-state index in [2.05, 4.69) is 0 Å². The van der Waals surface area contributed by atoms with Gasteiger partial charge in [-0.2, -0.15) is 0 Å². The van der Waals surface area contributed by atoms with E-state index in [4.69, 9.17) is 15.3 Å². The van der Waals surface area contributed by atoms with Crippen molar-refractivity contribution in [2.75, 3.05) is 13.2 Å². The highest BCUT2D eigenvalue weighted by atomic mass is 16.3. The van der Waals surface area contributed by atoms with E-state index in [-0.39, 0.29) is 13.2 Å². The van der Waals surface area contributed by atoms with E-state index in [1.54, 1.807) is 6.92 Å². The molecule has 3 heteroatoms. The smallest absolute Gasteiger partial charge is 0.0846 e. The molecule has 0 aliphatic carbocycles. The largest absolute Gasteiger partial charge is 0.396 e. The van der Waals surface area contributed by atoms with Gasteiger partial charge in [-0.25, -0.2) is 0 Å². The SMILES string of the molecule is CCC(C)(CO)C(O)CO. The van der Waals surface area contributed by atoms with Gasteiger partial charge in [-0.1, -0.05) is 13.8 Å². The van der Waals surface area contributed by atoms with E-state index in [1.165, 1.54) is 0 Å². The predicted octanol–water partition coefficient (Wildman–Crippen LogP) is -0.252. The maximum Gasteiger partial charge on any atom is 0.0846 e. The van der Waals surface area contributed by atoms with Gasteiger partial charge in [0.25, 0.3) is 0 Å². The van der Waals surface area contributed by atoms with E-state index in [9.17, 15) is 0 Å². The molecule has 0 amide bonds. The Labute approximate surface area is 61.3 Å². The fourth-order valence-electron chi connectivity index (χ4n) is 0.673. The van der Waals surface area contributed by atoms with Crippen LogP contribution in [0.2, 0.25) is 0 Å². The van der Waals surface area contributed by atoms with Crippen molar-refractivity contribution < 1.29 is 15.3 Å². The normalized spacial score (nSPS) is 20.1. The average molecular weight is 148 g/mol. The molecule has 0 radical (unpaired) electrons. The molecule has 0 bridgehead atoms. The summed E-state index contributed by atoms with van der Waals surface area (Å²) in [5.41, 5.74) is -0.547. The van der Waals surface area contributed by atoms with Crippen LogP contribution in [0.5, 0.6) is 0 Å². The Morgan fingerprint density at radius 2 is 1.90 bits per heavy atom. The second-order valence-corrected chi connectivity index (χ2v) is 2.86. The molecule has 0 fully saturated rings. The molecule has 3 N–H and O–H groups in total. The highest BCUT2D eigenvalue weighted by Crippen LogP contribution is 2.24. The first-order valence-electron chi connectivity index (χ1n) is 3.50. The summed E-state index contributed by atoms with van der Waals surface area (Å²) in [4.78, 5) is 0. The second kappa shape index (κ2) is 3.91. The van der Waals surface area contributed by atoms with Gasteiger partial charge in [0, 0.05) is 5.41 Å². The molecule has 0 spiro atoms. The van der Waals surface area contributed by atoms with Crippen LogP contribution in [0.4, 0.5) is 0 Å². The third-order valence-electron chi connectivity index (χ3n) is 2.15. The molecule has 0 saturated heterocycles. The molecule has 0 aliphatic rings. The number of hydrogen-bond donors (Lipinski definition) is 3. The molecule has 10 heavy (non-hydrogen) atoms. The lowest BCUT2D eigenvalue weighted by molar-refractivity contribution is -0.0382. The minimum atomic E-state index is -0.817. The topological polar surface area (TPSA) is 60.7 Å². The molecule has 62 valence electrons. The second-order valence-electron chi connectivity index (χ2n) is 2.86. The minimum absolute atomic E-state index is 0.0920. The van der Waals surface area contributed by atoms with Crippen LogP contribution in [-0.2, 0) is 0 Å². The summed E-state index contributed by atoms with van der Waals surface area (Å²) in [6.07, 6.45) is -0.159. The van der Waals surface area contributed by atoms with Crippen LogP contribution in [0, 0.1) is 5.41 Å². The highest BCUT2D eigenvalue weighted by Gasteiger charge is 2.29. The lowest BCUT2D eigenvalue weighted by Crippen LogP contribution is -2.37. The molecule has 0 aromatic carbocycles. The Morgan fingerprint density at radius 3 is 2.00 bits per heavy atom. The Bertz CT molecular complexity index is 88.9. The highest BCUT2D eigenvalue weighted by molar-refractivity contribution is 4.79. The molecule has 0 rings (SSSR count). The summed E-state index contributed by atoms with van der Waals surface area (Å²) in [6.45, 7) is 3.24. The zero-order valence-corrected chi connectivity index (χ0v) is 6.54. The van der Waals surface area contributed by atoms with Gasteiger partial charge in [0.1, 0.15) is 0 Å². The summed E-state index contributed by atoms with van der Waals surface area (Å²) in [7, 11) is 0. The number of rotatable bonds is 4. The quantitative estimate of drug-likeness (QED) is 0.515. The summed E-state index contributed by atoms with van der Waals surface area (Å²) >= 11 is 0. The molecule has 0 saturated carbocycles. The van der Waals surface area contributed by atoms with Gasteiger partial charge >= 0.3 is 0 Å². The van der Waals surface area contributed by atoms with E-state index in [0.717, 1.165) is 0 Å². The van der Waals surface area contributed by atoms with Crippen molar-refractivity contribution in [2.45, 2.75) is 26.4 Å². The summed E-state index contributed by atoms with van der Waals surface area (Å²) < 4.78 is 0. The van der Waals surface area contributed by atoms with Crippen molar-refractivity contribution in [3.8, 4) is 0 Å². The number of aliphatic hydroxyl groups excluding tert-OH is 3. The number of hydrogen-bond acceptors (Lipinski definition) is 3.